The van der Waals surface area contributed by atoms with Crippen molar-refractivity contribution in [1.82, 2.24) is 9.97 Å². The molecule has 1 unspecified atom stereocenters. The summed E-state index contributed by atoms with van der Waals surface area (Å²) in [6.07, 6.45) is 2.61. The summed E-state index contributed by atoms with van der Waals surface area (Å²) in [7, 11) is 0. The highest BCUT2D eigenvalue weighted by Gasteiger charge is 2.26. The normalized spacial score (nSPS) is 16.3. The Balaban J connectivity index is 1.69. The number of hydrogen-bond donors (Lipinski definition) is 1. The molecule has 132 valence electrons. The molecule has 8 heteroatoms. The summed E-state index contributed by atoms with van der Waals surface area (Å²) >= 11 is 1.23. The number of ketones is 1. The van der Waals surface area contributed by atoms with Gasteiger partial charge in [0.15, 0.2) is 11.6 Å². The molecule has 0 fully saturated rings. The molecule has 26 heavy (non-hydrogen) atoms. The van der Waals surface area contributed by atoms with Crippen LogP contribution in [-0.2, 0) is 11.2 Å². The third kappa shape index (κ3) is 2.87. The van der Waals surface area contributed by atoms with E-state index in [1.807, 2.05) is 0 Å². The molecule has 0 amide bonds. The molecule has 0 saturated carbocycles. The van der Waals surface area contributed by atoms with E-state index in [1.54, 1.807) is 11.4 Å². The molecule has 3 aromatic rings. The van der Waals surface area contributed by atoms with Gasteiger partial charge in [0, 0.05) is 6.20 Å². The molecule has 1 aliphatic heterocycles. The lowest BCUT2D eigenvalue weighted by Crippen LogP contribution is -2.18. The largest absolute Gasteiger partial charge is 0.383 e. The van der Waals surface area contributed by atoms with Crippen molar-refractivity contribution in [2.75, 3.05) is 12.3 Å². The lowest BCUT2D eigenvalue weighted by molar-refractivity contribution is 0.0695. The van der Waals surface area contributed by atoms with E-state index in [-0.39, 0.29) is 17.2 Å². The monoisotopic (exact) mass is 373 g/mol. The van der Waals surface area contributed by atoms with Crippen molar-refractivity contribution in [2.45, 2.75) is 12.5 Å². The van der Waals surface area contributed by atoms with Crippen LogP contribution < -0.4 is 5.73 Å². The summed E-state index contributed by atoms with van der Waals surface area (Å²) in [5.41, 5.74) is 7.95. The van der Waals surface area contributed by atoms with E-state index < -0.39 is 17.7 Å². The lowest BCUT2D eigenvalue weighted by atomic mass is 9.93. The number of nitrogens with two attached hydrogens (primary N) is 1. The molecule has 5 nitrogen and oxygen atoms in total. The fourth-order valence-corrected chi connectivity index (χ4v) is 3.85. The Morgan fingerprint density at radius 3 is 2.88 bits per heavy atom. The van der Waals surface area contributed by atoms with Crippen molar-refractivity contribution in [3.8, 4) is 0 Å². The van der Waals surface area contributed by atoms with Gasteiger partial charge in [0.1, 0.15) is 18.2 Å². The van der Waals surface area contributed by atoms with E-state index >= 15 is 0 Å². The van der Waals surface area contributed by atoms with Gasteiger partial charge >= 0.3 is 0 Å². The maximum absolute atomic E-state index is 13.7. The first-order valence-corrected chi connectivity index (χ1v) is 8.70. The Labute approximate surface area is 151 Å². The number of aromatic nitrogens is 2. The second kappa shape index (κ2) is 6.54. The van der Waals surface area contributed by atoms with Crippen molar-refractivity contribution in [3.63, 3.8) is 0 Å². The molecular weight excluding hydrogens is 360 g/mol. The SMILES string of the molecule is Nc1ncncc1C(=O)c1cc(C2OCCc3cc(F)c(F)cc32)cs1. The standard InChI is InChI=1S/C18H13F2N3O2S/c19-13-3-9-1-2-25-17(11(9)5-14(13)20)10-4-15(26-7-10)16(24)12-6-22-8-23-18(12)21/h3-8,17H,1-2H2,(H2,21,22,23). The van der Waals surface area contributed by atoms with Gasteiger partial charge in [-0.2, -0.15) is 0 Å². The molecule has 4 rings (SSSR count). The van der Waals surface area contributed by atoms with Crippen molar-refractivity contribution < 1.29 is 18.3 Å². The van der Waals surface area contributed by atoms with Crippen LogP contribution in [-0.4, -0.2) is 22.4 Å². The Hall–Kier alpha value is -2.71. The topological polar surface area (TPSA) is 78.1 Å². The van der Waals surface area contributed by atoms with Gasteiger partial charge < -0.3 is 10.5 Å². The molecule has 1 atom stereocenters. The van der Waals surface area contributed by atoms with Gasteiger partial charge in [-0.15, -0.1) is 11.3 Å². The first kappa shape index (κ1) is 16.7. The number of anilines is 1. The van der Waals surface area contributed by atoms with Crippen molar-refractivity contribution in [1.29, 1.82) is 0 Å². The third-order valence-electron chi connectivity index (χ3n) is 4.25. The fraction of sp³-hybridized carbons (Fsp3) is 0.167. The molecule has 1 aliphatic rings. The Kier molecular flexibility index (Phi) is 4.21. The zero-order valence-electron chi connectivity index (χ0n) is 13.4. The average Bonchev–Trinajstić information content (AvgIpc) is 3.12. The van der Waals surface area contributed by atoms with Gasteiger partial charge in [0.2, 0.25) is 5.78 Å². The summed E-state index contributed by atoms with van der Waals surface area (Å²) in [5.74, 6) is -1.97. The molecule has 0 spiro atoms. The predicted molar refractivity (Wildman–Crippen MR) is 92.1 cm³/mol. The molecule has 0 bridgehead atoms. The van der Waals surface area contributed by atoms with Crippen molar-refractivity contribution >= 4 is 22.9 Å². The van der Waals surface area contributed by atoms with Gasteiger partial charge in [-0.1, -0.05) is 0 Å². The number of carbonyl (C=O) groups is 1. The second-order valence-electron chi connectivity index (χ2n) is 5.86. The molecular formula is C18H13F2N3O2S. The van der Waals surface area contributed by atoms with E-state index in [2.05, 4.69) is 9.97 Å². The minimum absolute atomic E-state index is 0.108. The van der Waals surface area contributed by atoms with Gasteiger partial charge in [-0.25, -0.2) is 18.7 Å². The first-order chi connectivity index (χ1) is 12.5. The summed E-state index contributed by atoms with van der Waals surface area (Å²) in [6.45, 7) is 0.390. The van der Waals surface area contributed by atoms with E-state index in [0.29, 0.717) is 34.6 Å². The molecule has 2 N–H and O–H groups in total. The quantitative estimate of drug-likeness (QED) is 0.713. The number of benzene rings is 1. The lowest BCUT2D eigenvalue weighted by Gasteiger charge is -2.25. The summed E-state index contributed by atoms with van der Waals surface area (Å²) < 4.78 is 32.9. The Morgan fingerprint density at radius 1 is 1.27 bits per heavy atom. The number of halogens is 2. The molecule has 3 heterocycles. The van der Waals surface area contributed by atoms with Gasteiger partial charge in [-0.05, 0) is 46.7 Å². The van der Waals surface area contributed by atoms with Crippen LogP contribution in [0.15, 0.2) is 36.1 Å². The van der Waals surface area contributed by atoms with Crippen LogP contribution >= 0.6 is 11.3 Å². The highest BCUT2D eigenvalue weighted by Crippen LogP contribution is 2.36. The van der Waals surface area contributed by atoms with Crippen LogP contribution in [0.25, 0.3) is 0 Å². The van der Waals surface area contributed by atoms with Crippen LogP contribution in [0.2, 0.25) is 0 Å². The first-order valence-electron chi connectivity index (χ1n) is 7.82. The van der Waals surface area contributed by atoms with E-state index in [1.165, 1.54) is 29.9 Å². The molecule has 0 radical (unpaired) electrons. The minimum Gasteiger partial charge on any atom is -0.383 e. The van der Waals surface area contributed by atoms with Gasteiger partial charge in [0.05, 0.1) is 17.0 Å². The summed E-state index contributed by atoms with van der Waals surface area (Å²) in [4.78, 5) is 20.7. The number of nitrogen functional groups attached to an aromatic ring is 1. The second-order valence-corrected chi connectivity index (χ2v) is 6.77. The number of fused-ring (bicyclic) bond motifs is 1. The van der Waals surface area contributed by atoms with Crippen LogP contribution in [0, 0.1) is 11.6 Å². The van der Waals surface area contributed by atoms with Crippen molar-refractivity contribution in [2.24, 2.45) is 0 Å². The number of ether oxygens (including phenoxy) is 1. The zero-order chi connectivity index (χ0) is 18.3. The van der Waals surface area contributed by atoms with Gasteiger partial charge in [0.25, 0.3) is 0 Å². The maximum atomic E-state index is 13.7. The predicted octanol–water partition coefficient (Wildman–Crippen LogP) is 3.29. The van der Waals surface area contributed by atoms with Gasteiger partial charge in [-0.3, -0.25) is 4.79 Å². The molecule has 0 saturated heterocycles. The zero-order valence-corrected chi connectivity index (χ0v) is 14.2. The highest BCUT2D eigenvalue weighted by atomic mass is 32.1. The number of thiophene rings is 1. The highest BCUT2D eigenvalue weighted by molar-refractivity contribution is 7.12. The number of hydrogen-bond acceptors (Lipinski definition) is 6. The van der Waals surface area contributed by atoms with Crippen LogP contribution in [0.4, 0.5) is 14.6 Å². The van der Waals surface area contributed by atoms with E-state index in [9.17, 15) is 13.6 Å². The summed E-state index contributed by atoms with van der Waals surface area (Å²) in [5, 5.41) is 1.77. The third-order valence-corrected chi connectivity index (χ3v) is 5.20. The Bertz CT molecular complexity index is 1010. The number of carbonyl (C=O) groups excluding carboxylic acids is 1. The van der Waals surface area contributed by atoms with Crippen LogP contribution in [0.1, 0.15) is 38.0 Å². The van der Waals surface area contributed by atoms with Crippen LogP contribution in [0.5, 0.6) is 0 Å². The van der Waals surface area contributed by atoms with Crippen molar-refractivity contribution in [3.05, 3.63) is 74.9 Å². The Morgan fingerprint density at radius 2 is 2.08 bits per heavy atom. The number of rotatable bonds is 3. The van der Waals surface area contributed by atoms with E-state index in [0.717, 1.165) is 6.07 Å². The average molecular weight is 373 g/mol. The maximum Gasteiger partial charge on any atom is 0.208 e. The molecule has 0 aliphatic carbocycles. The fourth-order valence-electron chi connectivity index (χ4n) is 2.97. The van der Waals surface area contributed by atoms with Crippen LogP contribution in [0.3, 0.4) is 0 Å². The van der Waals surface area contributed by atoms with E-state index in [4.69, 9.17) is 10.5 Å². The minimum atomic E-state index is -0.917. The number of nitrogens with zero attached hydrogens (tertiary/aromatic N) is 2. The smallest absolute Gasteiger partial charge is 0.208 e. The molecule has 2 aromatic heterocycles. The molecule has 1 aromatic carbocycles. The summed E-state index contributed by atoms with van der Waals surface area (Å²) in [6, 6.07) is 4.05.